The summed E-state index contributed by atoms with van der Waals surface area (Å²) in [4.78, 5) is 20.3. The van der Waals surface area contributed by atoms with Gasteiger partial charge in [-0.1, -0.05) is 23.0 Å². The lowest BCUT2D eigenvalue weighted by atomic mass is 9.83. The zero-order valence-corrected chi connectivity index (χ0v) is 14.8. The Morgan fingerprint density at radius 2 is 2.12 bits per heavy atom. The molecule has 5 nitrogen and oxygen atoms in total. The van der Waals surface area contributed by atoms with Crippen LogP contribution in [0.2, 0.25) is 0 Å². The van der Waals surface area contributed by atoms with Crippen molar-refractivity contribution in [2.45, 2.75) is 45.1 Å². The molecule has 2 aromatic heterocycles. The molecule has 2 aromatic rings. The molecule has 0 unspecified atom stereocenters. The molecular formula is C18H22N4OS. The van der Waals surface area contributed by atoms with Gasteiger partial charge in [0.25, 0.3) is 5.56 Å². The fourth-order valence-electron chi connectivity index (χ4n) is 4.19. The minimum absolute atomic E-state index is 0.0349. The van der Waals surface area contributed by atoms with Crippen LogP contribution in [0.3, 0.4) is 0 Å². The summed E-state index contributed by atoms with van der Waals surface area (Å²) < 4.78 is 1.48. The molecule has 3 aliphatic rings. The molecule has 1 saturated carbocycles. The van der Waals surface area contributed by atoms with E-state index in [1.165, 1.54) is 35.8 Å². The average molecular weight is 342 g/mol. The summed E-state index contributed by atoms with van der Waals surface area (Å²) >= 11 is 1.59. The van der Waals surface area contributed by atoms with Crippen LogP contribution in [0.1, 0.15) is 49.2 Å². The predicted octanol–water partition coefficient (Wildman–Crippen LogP) is 2.82. The Morgan fingerprint density at radius 3 is 2.96 bits per heavy atom. The summed E-state index contributed by atoms with van der Waals surface area (Å²) in [5, 5.41) is 5.53. The Kier molecular flexibility index (Phi) is 3.38. The van der Waals surface area contributed by atoms with E-state index in [0.717, 1.165) is 47.1 Å². The van der Waals surface area contributed by atoms with Gasteiger partial charge in [-0.05, 0) is 44.4 Å². The normalized spacial score (nSPS) is 27.5. The van der Waals surface area contributed by atoms with Crippen molar-refractivity contribution in [2.75, 3.05) is 13.1 Å². The van der Waals surface area contributed by atoms with Crippen LogP contribution in [0, 0.1) is 11.8 Å². The highest BCUT2D eigenvalue weighted by atomic mass is 32.1. The van der Waals surface area contributed by atoms with E-state index in [1.807, 2.05) is 0 Å². The first-order valence-corrected chi connectivity index (χ1v) is 9.75. The predicted molar refractivity (Wildman–Crippen MR) is 94.4 cm³/mol. The molecule has 0 spiro atoms. The number of hydrogen-bond donors (Lipinski definition) is 0. The smallest absolute Gasteiger partial charge is 0.275 e. The van der Waals surface area contributed by atoms with Crippen molar-refractivity contribution in [1.29, 1.82) is 0 Å². The highest BCUT2D eigenvalue weighted by Gasteiger charge is 2.34. The molecule has 5 rings (SSSR count). The molecule has 0 amide bonds. The van der Waals surface area contributed by atoms with Gasteiger partial charge in [0.05, 0.1) is 5.69 Å². The number of aromatic nitrogens is 3. The summed E-state index contributed by atoms with van der Waals surface area (Å²) in [6, 6.07) is 1.68. The molecule has 2 aliphatic carbocycles. The lowest BCUT2D eigenvalue weighted by Crippen LogP contribution is -2.23. The van der Waals surface area contributed by atoms with Gasteiger partial charge in [0.15, 0.2) is 0 Å². The van der Waals surface area contributed by atoms with Crippen LogP contribution in [0.4, 0.5) is 0 Å². The standard InChI is InChI=1S/C18H22N4OS/c1-11-2-3-13-8-21(9-14(13)6-11)10-15-7-16(23)22-18(19-15)24-17(20-22)12-4-5-12/h2,7,12-14H,3-6,8-10H2,1H3/t13-,14+/m0/s1. The summed E-state index contributed by atoms with van der Waals surface area (Å²) in [6.45, 7) is 5.30. The van der Waals surface area contributed by atoms with Gasteiger partial charge >= 0.3 is 0 Å². The van der Waals surface area contributed by atoms with E-state index in [0.29, 0.717) is 5.92 Å². The second-order valence-electron chi connectivity index (χ2n) is 7.70. The van der Waals surface area contributed by atoms with E-state index in [2.05, 4.69) is 23.0 Å². The van der Waals surface area contributed by atoms with Gasteiger partial charge < -0.3 is 0 Å². The number of allylic oxidation sites excluding steroid dienone is 2. The highest BCUT2D eigenvalue weighted by molar-refractivity contribution is 7.16. The Bertz CT molecular complexity index is 879. The maximum Gasteiger partial charge on any atom is 0.275 e. The molecule has 2 fully saturated rings. The van der Waals surface area contributed by atoms with Crippen molar-refractivity contribution in [3.63, 3.8) is 0 Å². The zero-order valence-electron chi connectivity index (χ0n) is 13.9. The van der Waals surface area contributed by atoms with Crippen molar-refractivity contribution in [2.24, 2.45) is 11.8 Å². The van der Waals surface area contributed by atoms with E-state index in [1.54, 1.807) is 17.4 Å². The fraction of sp³-hybridized carbons (Fsp3) is 0.611. The Hall–Kier alpha value is -1.53. The molecule has 1 saturated heterocycles. The zero-order chi connectivity index (χ0) is 16.3. The van der Waals surface area contributed by atoms with Crippen LogP contribution in [0.15, 0.2) is 22.5 Å². The van der Waals surface area contributed by atoms with Crippen molar-refractivity contribution >= 4 is 16.3 Å². The third kappa shape index (κ3) is 2.62. The van der Waals surface area contributed by atoms with Gasteiger partial charge in [-0.25, -0.2) is 4.98 Å². The van der Waals surface area contributed by atoms with Gasteiger partial charge in [-0.3, -0.25) is 9.69 Å². The van der Waals surface area contributed by atoms with Gasteiger partial charge in [-0.15, -0.1) is 0 Å². The van der Waals surface area contributed by atoms with Gasteiger partial charge in [0.2, 0.25) is 4.96 Å². The topological polar surface area (TPSA) is 50.5 Å². The van der Waals surface area contributed by atoms with E-state index in [9.17, 15) is 4.79 Å². The second kappa shape index (κ2) is 5.49. The maximum absolute atomic E-state index is 12.4. The van der Waals surface area contributed by atoms with Gasteiger partial charge in [-0.2, -0.15) is 9.61 Å². The number of nitrogens with zero attached hydrogens (tertiary/aromatic N) is 4. The Morgan fingerprint density at radius 1 is 1.29 bits per heavy atom. The monoisotopic (exact) mass is 342 g/mol. The number of likely N-dealkylation sites (tertiary alicyclic amines) is 1. The average Bonchev–Trinajstić information content (AvgIpc) is 3.18. The van der Waals surface area contributed by atoms with Crippen LogP contribution >= 0.6 is 11.3 Å². The minimum atomic E-state index is -0.0349. The first kappa shape index (κ1) is 14.8. The van der Waals surface area contributed by atoms with Crippen LogP contribution in [-0.2, 0) is 6.54 Å². The first-order chi connectivity index (χ1) is 11.7. The lowest BCUT2D eigenvalue weighted by molar-refractivity contribution is 0.310. The molecule has 2 atom stereocenters. The molecule has 6 heteroatoms. The van der Waals surface area contributed by atoms with E-state index in [-0.39, 0.29) is 5.56 Å². The number of fused-ring (bicyclic) bond motifs is 2. The molecule has 0 radical (unpaired) electrons. The van der Waals surface area contributed by atoms with Crippen LogP contribution in [0.5, 0.6) is 0 Å². The molecular weight excluding hydrogens is 320 g/mol. The first-order valence-electron chi connectivity index (χ1n) is 8.93. The van der Waals surface area contributed by atoms with Crippen LogP contribution in [0.25, 0.3) is 4.96 Å². The van der Waals surface area contributed by atoms with Crippen LogP contribution < -0.4 is 5.56 Å². The molecule has 0 aromatic carbocycles. The SMILES string of the molecule is CC1=CC[C@H]2CN(Cc3cc(=O)n4nc(C5CC5)sc4n3)C[C@H]2C1. The van der Waals surface area contributed by atoms with Crippen molar-refractivity contribution in [3.05, 3.63) is 38.8 Å². The van der Waals surface area contributed by atoms with Crippen molar-refractivity contribution in [1.82, 2.24) is 19.5 Å². The summed E-state index contributed by atoms with van der Waals surface area (Å²) in [6.07, 6.45) is 7.24. The minimum Gasteiger partial charge on any atom is -0.297 e. The molecule has 0 N–H and O–H groups in total. The maximum atomic E-state index is 12.4. The van der Waals surface area contributed by atoms with Crippen LogP contribution in [-0.4, -0.2) is 32.6 Å². The Balaban J connectivity index is 1.37. The van der Waals surface area contributed by atoms with Gasteiger partial charge in [0, 0.05) is 31.6 Å². The number of hydrogen-bond acceptors (Lipinski definition) is 5. The lowest BCUT2D eigenvalue weighted by Gasteiger charge is -2.22. The van der Waals surface area contributed by atoms with Crippen molar-refractivity contribution < 1.29 is 0 Å². The largest absolute Gasteiger partial charge is 0.297 e. The van der Waals surface area contributed by atoms with E-state index < -0.39 is 0 Å². The third-order valence-electron chi connectivity index (χ3n) is 5.63. The third-order valence-corrected chi connectivity index (χ3v) is 6.70. The van der Waals surface area contributed by atoms with E-state index >= 15 is 0 Å². The van der Waals surface area contributed by atoms with Crippen molar-refractivity contribution in [3.8, 4) is 0 Å². The summed E-state index contributed by atoms with van der Waals surface area (Å²) in [5.74, 6) is 2.13. The highest BCUT2D eigenvalue weighted by Crippen LogP contribution is 2.41. The fourth-order valence-corrected chi connectivity index (χ4v) is 5.28. The Labute approximate surface area is 145 Å². The molecule has 24 heavy (non-hydrogen) atoms. The summed E-state index contributed by atoms with van der Waals surface area (Å²) in [7, 11) is 0. The second-order valence-corrected chi connectivity index (χ2v) is 8.69. The van der Waals surface area contributed by atoms with E-state index in [4.69, 9.17) is 4.98 Å². The van der Waals surface area contributed by atoms with Gasteiger partial charge in [0.1, 0.15) is 5.01 Å². The quantitative estimate of drug-likeness (QED) is 0.805. The molecule has 3 heterocycles. The number of rotatable bonds is 3. The summed E-state index contributed by atoms with van der Waals surface area (Å²) in [5.41, 5.74) is 2.40. The molecule has 1 aliphatic heterocycles. The molecule has 126 valence electrons. The molecule has 0 bridgehead atoms.